The molecule has 1 saturated carbocycles. The summed E-state index contributed by atoms with van der Waals surface area (Å²) in [6.07, 6.45) is 0. The fraction of sp³-hybridized carbons (Fsp3) is 0.231. The van der Waals surface area contributed by atoms with E-state index in [9.17, 15) is 0 Å². The molecular formula is C26H24. The Morgan fingerprint density at radius 3 is 2.19 bits per heavy atom. The lowest BCUT2D eigenvalue weighted by Gasteiger charge is -2.28. The Bertz CT molecular complexity index is 1080. The first-order valence-electron chi connectivity index (χ1n) is 10.7. The van der Waals surface area contributed by atoms with Gasteiger partial charge in [-0.3, -0.25) is 0 Å². The van der Waals surface area contributed by atoms with Crippen LogP contribution in [0.25, 0.3) is 0 Å². The lowest BCUT2D eigenvalue weighted by molar-refractivity contribution is 0.548. The summed E-state index contributed by atoms with van der Waals surface area (Å²) < 4.78 is 24.5. The third-order valence-corrected chi connectivity index (χ3v) is 6.83. The number of hydrogen-bond donors (Lipinski definition) is 0. The summed E-state index contributed by atoms with van der Waals surface area (Å²) in [4.78, 5) is 0. The van der Waals surface area contributed by atoms with Crippen LogP contribution in [-0.2, 0) is 10.8 Å². The van der Waals surface area contributed by atoms with Crippen molar-refractivity contribution in [2.24, 2.45) is 0 Å². The Morgan fingerprint density at radius 1 is 0.885 bits per heavy atom. The van der Waals surface area contributed by atoms with E-state index in [1.165, 1.54) is 16.7 Å². The zero-order chi connectivity index (χ0) is 20.4. The van der Waals surface area contributed by atoms with E-state index in [0.717, 1.165) is 5.56 Å². The average molecular weight is 339 g/mol. The number of hydrogen-bond acceptors (Lipinski definition) is 0. The fourth-order valence-corrected chi connectivity index (χ4v) is 6.01. The van der Waals surface area contributed by atoms with Crippen LogP contribution in [0.3, 0.4) is 0 Å². The van der Waals surface area contributed by atoms with Crippen molar-refractivity contribution >= 4 is 0 Å². The summed E-state index contributed by atoms with van der Waals surface area (Å²) in [5, 5.41) is 0. The molecule has 0 radical (unpaired) electrons. The molecule has 0 N–H and O–H groups in total. The third-order valence-electron chi connectivity index (χ3n) is 6.83. The van der Waals surface area contributed by atoms with Gasteiger partial charge in [-0.15, -0.1) is 0 Å². The minimum atomic E-state index is -2.20. The molecule has 3 aromatic carbocycles. The molecule has 0 saturated heterocycles. The van der Waals surface area contributed by atoms with Gasteiger partial charge in [-0.25, -0.2) is 0 Å². The van der Waals surface area contributed by atoms with Crippen LogP contribution in [0.5, 0.6) is 0 Å². The highest BCUT2D eigenvalue weighted by molar-refractivity contribution is 5.70. The predicted octanol–water partition coefficient (Wildman–Crippen LogP) is 6.35. The highest BCUT2D eigenvalue weighted by Gasteiger charge is 2.81. The van der Waals surface area contributed by atoms with Crippen molar-refractivity contribution in [2.45, 2.75) is 36.4 Å². The van der Waals surface area contributed by atoms with Gasteiger partial charge >= 0.3 is 0 Å². The van der Waals surface area contributed by atoms with Crippen LogP contribution in [0, 0.1) is 0 Å². The largest absolute Gasteiger partial charge is 0.0995 e. The van der Waals surface area contributed by atoms with E-state index in [-0.39, 0.29) is 22.7 Å². The summed E-state index contributed by atoms with van der Waals surface area (Å²) in [7, 11) is 0. The molecule has 0 unspecified atom stereocenters. The highest BCUT2D eigenvalue weighted by Crippen LogP contribution is 2.84. The molecule has 2 aliphatic carbocycles. The normalized spacial score (nSPS) is 33.3. The van der Waals surface area contributed by atoms with E-state index in [1.807, 2.05) is 18.2 Å². The average Bonchev–Trinajstić information content (AvgIpc) is 3.21. The standard InChI is InChI=1S/C26H24/c1-18(2)23-21-16-10-11-17-22(21)25(3)24(19-12-6-4-7-13-19)26(23,25)20-14-8-5-9-15-20/h4-17,23-24H,1H2,2-3H3/t23-,24-,25+,26-/m0/s1/i2D3. The number of allylic oxidation sites excluding steroid dienone is 1. The lowest BCUT2D eigenvalue weighted by atomic mass is 9.74. The van der Waals surface area contributed by atoms with Crippen molar-refractivity contribution in [1.29, 1.82) is 0 Å². The first-order chi connectivity index (χ1) is 13.8. The topological polar surface area (TPSA) is 0 Å². The van der Waals surface area contributed by atoms with Gasteiger partial charge in [-0.05, 0) is 29.1 Å². The van der Waals surface area contributed by atoms with Crippen LogP contribution >= 0.6 is 0 Å². The minimum Gasteiger partial charge on any atom is -0.0995 e. The molecule has 3 aromatic rings. The van der Waals surface area contributed by atoms with E-state index < -0.39 is 6.85 Å². The predicted molar refractivity (Wildman–Crippen MR) is 109 cm³/mol. The maximum absolute atomic E-state index is 8.17. The molecule has 4 atom stereocenters. The molecule has 0 aromatic heterocycles. The van der Waals surface area contributed by atoms with E-state index in [4.69, 9.17) is 4.11 Å². The van der Waals surface area contributed by atoms with E-state index in [0.29, 0.717) is 5.57 Å². The maximum Gasteiger partial charge on any atom is 0.0276 e. The molecule has 0 spiro atoms. The number of fused-ring (bicyclic) bond motifs is 3. The number of benzene rings is 3. The van der Waals surface area contributed by atoms with Gasteiger partial charge in [0.1, 0.15) is 0 Å². The van der Waals surface area contributed by atoms with Crippen molar-refractivity contribution in [3.05, 3.63) is 119 Å². The highest BCUT2D eigenvalue weighted by atomic mass is 14.8. The van der Waals surface area contributed by atoms with Gasteiger partial charge in [0.2, 0.25) is 0 Å². The second-order valence-electron chi connectivity index (χ2n) is 7.83. The van der Waals surface area contributed by atoms with Crippen molar-refractivity contribution in [1.82, 2.24) is 0 Å². The van der Waals surface area contributed by atoms with Crippen molar-refractivity contribution in [3.8, 4) is 0 Å². The van der Waals surface area contributed by atoms with Gasteiger partial charge in [0.25, 0.3) is 0 Å². The van der Waals surface area contributed by atoms with Crippen LogP contribution in [0.4, 0.5) is 0 Å². The van der Waals surface area contributed by atoms with E-state index in [1.54, 1.807) is 0 Å². The summed E-state index contributed by atoms with van der Waals surface area (Å²) in [5.74, 6) is -0.0404. The molecule has 0 heterocycles. The molecular weight excluding hydrogens is 312 g/mol. The second kappa shape index (κ2) is 5.20. The third kappa shape index (κ3) is 1.65. The Labute approximate surface area is 160 Å². The van der Waals surface area contributed by atoms with Gasteiger partial charge in [-0.1, -0.05) is 104 Å². The van der Waals surface area contributed by atoms with Crippen molar-refractivity contribution in [2.75, 3.05) is 0 Å². The van der Waals surface area contributed by atoms with Gasteiger partial charge in [0.15, 0.2) is 0 Å². The monoisotopic (exact) mass is 339 g/mol. The first-order valence-corrected chi connectivity index (χ1v) is 9.23. The zero-order valence-corrected chi connectivity index (χ0v) is 14.9. The van der Waals surface area contributed by atoms with Crippen LogP contribution in [-0.4, -0.2) is 0 Å². The molecule has 0 heteroatoms. The summed E-state index contributed by atoms with van der Waals surface area (Å²) in [6.45, 7) is 4.26. The van der Waals surface area contributed by atoms with Crippen LogP contribution < -0.4 is 0 Å². The molecule has 0 bridgehead atoms. The Kier molecular flexibility index (Phi) is 2.54. The maximum atomic E-state index is 8.17. The summed E-state index contributed by atoms with van der Waals surface area (Å²) >= 11 is 0. The molecule has 1 fully saturated rings. The van der Waals surface area contributed by atoms with E-state index >= 15 is 0 Å². The van der Waals surface area contributed by atoms with Gasteiger partial charge in [-0.2, -0.15) is 0 Å². The zero-order valence-electron chi connectivity index (χ0n) is 17.9. The SMILES string of the molecule is [2H]C([2H])([2H])C(=C)[C@H]1c2ccccc2[C@]2(C)[C@H](c3ccccc3)[C@]12c1ccccc1. The summed E-state index contributed by atoms with van der Waals surface area (Å²) in [6, 6.07) is 29.4. The quantitative estimate of drug-likeness (QED) is 0.488. The van der Waals surface area contributed by atoms with Gasteiger partial charge in [0.05, 0.1) is 0 Å². The Hall–Kier alpha value is -2.60. The lowest BCUT2D eigenvalue weighted by Crippen LogP contribution is -2.22. The smallest absolute Gasteiger partial charge is 0.0276 e. The Balaban J connectivity index is 1.84. The van der Waals surface area contributed by atoms with Gasteiger partial charge in [0, 0.05) is 26.8 Å². The molecule has 5 rings (SSSR count). The van der Waals surface area contributed by atoms with Crippen LogP contribution in [0.15, 0.2) is 97.1 Å². The second-order valence-corrected chi connectivity index (χ2v) is 7.83. The van der Waals surface area contributed by atoms with E-state index in [2.05, 4.69) is 80.2 Å². The van der Waals surface area contributed by atoms with Crippen molar-refractivity contribution < 1.29 is 4.11 Å². The molecule has 0 amide bonds. The number of rotatable bonds is 3. The van der Waals surface area contributed by atoms with Gasteiger partial charge < -0.3 is 0 Å². The Morgan fingerprint density at radius 2 is 1.50 bits per heavy atom. The molecule has 2 aliphatic rings. The molecule has 128 valence electrons. The minimum absolute atomic E-state index is 0.175. The van der Waals surface area contributed by atoms with Crippen LogP contribution in [0.2, 0.25) is 0 Å². The first kappa shape index (κ1) is 12.7. The van der Waals surface area contributed by atoms with Crippen molar-refractivity contribution in [3.63, 3.8) is 0 Å². The van der Waals surface area contributed by atoms with Crippen LogP contribution in [0.1, 0.15) is 52.0 Å². The fourth-order valence-electron chi connectivity index (χ4n) is 6.01. The molecule has 26 heavy (non-hydrogen) atoms. The molecule has 0 nitrogen and oxygen atoms in total. The summed E-state index contributed by atoms with van der Waals surface area (Å²) in [5.41, 5.74) is 4.66. The molecule has 0 aliphatic heterocycles.